The number of aliphatic hydroxyl groups is 1. The average Bonchev–Trinajstić information content (AvgIpc) is 2.53. The van der Waals surface area contributed by atoms with E-state index < -0.39 is 0 Å². The molecule has 1 heterocycles. The lowest BCUT2D eigenvalue weighted by Crippen LogP contribution is -2.14. The monoisotopic (exact) mass is 223 g/mol. The van der Waals surface area contributed by atoms with E-state index in [9.17, 15) is 0 Å². The van der Waals surface area contributed by atoms with Crippen LogP contribution < -0.4 is 15.2 Å². The van der Waals surface area contributed by atoms with Crippen molar-refractivity contribution in [3.8, 4) is 11.5 Å². The minimum atomic E-state index is -0.365. The molecule has 0 bridgehead atoms. The number of ether oxygens (including phenoxy) is 2. The van der Waals surface area contributed by atoms with Gasteiger partial charge >= 0.3 is 0 Å². The molecule has 4 heteroatoms. The Balaban J connectivity index is 2.39. The highest BCUT2D eigenvalue weighted by molar-refractivity contribution is 5.50. The second kappa shape index (κ2) is 4.72. The highest BCUT2D eigenvalue weighted by Gasteiger charge is 2.16. The summed E-state index contributed by atoms with van der Waals surface area (Å²) in [5.41, 5.74) is 7.67. The normalized spacial score (nSPS) is 16.7. The molecular formula is C12H17NO3. The quantitative estimate of drug-likeness (QED) is 0.789. The zero-order valence-electron chi connectivity index (χ0n) is 9.40. The summed E-state index contributed by atoms with van der Waals surface area (Å²) in [5.74, 6) is 1.53. The summed E-state index contributed by atoms with van der Waals surface area (Å²) in [5, 5.41) is 9.04. The largest absolute Gasteiger partial charge is 0.490 e. The Morgan fingerprint density at radius 3 is 2.88 bits per heavy atom. The van der Waals surface area contributed by atoms with Crippen molar-refractivity contribution in [3.63, 3.8) is 0 Å². The van der Waals surface area contributed by atoms with Crippen LogP contribution in [0.15, 0.2) is 12.1 Å². The summed E-state index contributed by atoms with van der Waals surface area (Å²) in [4.78, 5) is 0. The number of hydrogen-bond acceptors (Lipinski definition) is 4. The molecule has 0 saturated carbocycles. The number of hydrogen-bond donors (Lipinski definition) is 2. The topological polar surface area (TPSA) is 64.7 Å². The van der Waals surface area contributed by atoms with E-state index in [2.05, 4.69) is 0 Å². The van der Waals surface area contributed by atoms with E-state index in [1.165, 1.54) is 0 Å². The SMILES string of the molecule is Cc1cc(C(N)CO)cc2c1OCCCO2. The molecule has 0 spiro atoms. The summed E-state index contributed by atoms with van der Waals surface area (Å²) >= 11 is 0. The van der Waals surface area contributed by atoms with E-state index in [0.29, 0.717) is 13.2 Å². The van der Waals surface area contributed by atoms with Crippen LogP contribution in [0.4, 0.5) is 0 Å². The highest BCUT2D eigenvalue weighted by atomic mass is 16.5. The van der Waals surface area contributed by atoms with Crippen molar-refractivity contribution < 1.29 is 14.6 Å². The average molecular weight is 223 g/mol. The first-order valence-electron chi connectivity index (χ1n) is 5.49. The zero-order chi connectivity index (χ0) is 11.5. The Morgan fingerprint density at radius 2 is 2.12 bits per heavy atom. The van der Waals surface area contributed by atoms with Crippen molar-refractivity contribution in [2.75, 3.05) is 19.8 Å². The summed E-state index contributed by atoms with van der Waals surface area (Å²) in [6.07, 6.45) is 0.884. The molecule has 4 nitrogen and oxygen atoms in total. The fraction of sp³-hybridized carbons (Fsp3) is 0.500. The molecule has 88 valence electrons. The van der Waals surface area contributed by atoms with Crippen LogP contribution in [-0.2, 0) is 0 Å². The van der Waals surface area contributed by atoms with Gasteiger partial charge in [-0.15, -0.1) is 0 Å². The predicted molar refractivity (Wildman–Crippen MR) is 60.8 cm³/mol. The van der Waals surface area contributed by atoms with Crippen LogP contribution in [-0.4, -0.2) is 24.9 Å². The number of aryl methyl sites for hydroxylation is 1. The van der Waals surface area contributed by atoms with Crippen LogP contribution in [0.5, 0.6) is 11.5 Å². The lowest BCUT2D eigenvalue weighted by atomic mass is 10.0. The van der Waals surface area contributed by atoms with Crippen LogP contribution in [0.3, 0.4) is 0 Å². The van der Waals surface area contributed by atoms with Crippen molar-refractivity contribution in [1.82, 2.24) is 0 Å². The number of nitrogens with two attached hydrogens (primary N) is 1. The smallest absolute Gasteiger partial charge is 0.164 e. The molecular weight excluding hydrogens is 206 g/mol. The van der Waals surface area contributed by atoms with Crippen LogP contribution in [0.25, 0.3) is 0 Å². The Kier molecular flexibility index (Phi) is 3.31. The van der Waals surface area contributed by atoms with Gasteiger partial charge in [0.1, 0.15) is 0 Å². The minimum absolute atomic E-state index is 0.0704. The third kappa shape index (κ3) is 2.13. The second-order valence-electron chi connectivity index (χ2n) is 4.00. The number of aliphatic hydroxyl groups excluding tert-OH is 1. The van der Waals surface area contributed by atoms with Crippen molar-refractivity contribution in [2.45, 2.75) is 19.4 Å². The fourth-order valence-electron chi connectivity index (χ4n) is 1.80. The van der Waals surface area contributed by atoms with E-state index in [1.807, 2.05) is 19.1 Å². The molecule has 0 aromatic heterocycles. The van der Waals surface area contributed by atoms with E-state index in [1.54, 1.807) is 0 Å². The lowest BCUT2D eigenvalue weighted by molar-refractivity contribution is 0.267. The second-order valence-corrected chi connectivity index (χ2v) is 4.00. The summed E-state index contributed by atoms with van der Waals surface area (Å²) < 4.78 is 11.2. The summed E-state index contributed by atoms with van der Waals surface area (Å²) in [7, 11) is 0. The molecule has 16 heavy (non-hydrogen) atoms. The van der Waals surface area contributed by atoms with Crippen molar-refractivity contribution >= 4 is 0 Å². The molecule has 2 rings (SSSR count). The standard InChI is InChI=1S/C12H17NO3/c1-8-5-9(10(13)7-14)6-11-12(8)16-4-2-3-15-11/h5-6,10,14H,2-4,7,13H2,1H3. The number of rotatable bonds is 2. The van der Waals surface area contributed by atoms with Gasteiger partial charge in [-0.1, -0.05) is 6.07 Å². The van der Waals surface area contributed by atoms with E-state index >= 15 is 0 Å². The maximum Gasteiger partial charge on any atom is 0.164 e. The van der Waals surface area contributed by atoms with Crippen LogP contribution in [0, 0.1) is 6.92 Å². The summed E-state index contributed by atoms with van der Waals surface area (Å²) in [6, 6.07) is 3.43. The van der Waals surface area contributed by atoms with E-state index in [-0.39, 0.29) is 12.6 Å². The van der Waals surface area contributed by atoms with Gasteiger partial charge < -0.3 is 20.3 Å². The van der Waals surface area contributed by atoms with E-state index in [4.69, 9.17) is 20.3 Å². The maximum absolute atomic E-state index is 9.04. The third-order valence-electron chi connectivity index (χ3n) is 2.68. The van der Waals surface area contributed by atoms with Crippen molar-refractivity contribution in [2.24, 2.45) is 5.73 Å². The molecule has 1 aliphatic heterocycles. The molecule has 1 aliphatic rings. The summed E-state index contributed by atoms with van der Waals surface area (Å²) in [6.45, 7) is 3.23. The van der Waals surface area contributed by atoms with Crippen LogP contribution in [0.1, 0.15) is 23.6 Å². The first-order valence-corrected chi connectivity index (χ1v) is 5.49. The minimum Gasteiger partial charge on any atom is -0.490 e. The molecule has 1 aromatic carbocycles. The van der Waals surface area contributed by atoms with Gasteiger partial charge in [-0.25, -0.2) is 0 Å². The zero-order valence-corrected chi connectivity index (χ0v) is 9.40. The van der Waals surface area contributed by atoms with Gasteiger partial charge in [0.25, 0.3) is 0 Å². The molecule has 1 atom stereocenters. The first-order chi connectivity index (χ1) is 7.72. The van der Waals surface area contributed by atoms with Gasteiger partial charge in [0.2, 0.25) is 0 Å². The Bertz CT molecular complexity index is 379. The van der Waals surface area contributed by atoms with Crippen LogP contribution >= 0.6 is 0 Å². The molecule has 0 amide bonds. The molecule has 3 N–H and O–H groups in total. The number of benzene rings is 1. The lowest BCUT2D eigenvalue weighted by Gasteiger charge is -2.15. The predicted octanol–water partition coefficient (Wildman–Crippen LogP) is 1.15. The Morgan fingerprint density at radius 1 is 1.38 bits per heavy atom. The maximum atomic E-state index is 9.04. The number of fused-ring (bicyclic) bond motifs is 1. The van der Waals surface area contributed by atoms with E-state index in [0.717, 1.165) is 29.0 Å². The third-order valence-corrected chi connectivity index (χ3v) is 2.68. The first kappa shape index (κ1) is 11.2. The van der Waals surface area contributed by atoms with Gasteiger partial charge in [-0.05, 0) is 24.1 Å². The molecule has 1 aromatic rings. The Hall–Kier alpha value is -1.26. The van der Waals surface area contributed by atoms with Crippen molar-refractivity contribution in [1.29, 1.82) is 0 Å². The van der Waals surface area contributed by atoms with Gasteiger partial charge in [-0.3, -0.25) is 0 Å². The van der Waals surface area contributed by atoms with Gasteiger partial charge in [0.05, 0.1) is 25.9 Å². The van der Waals surface area contributed by atoms with Crippen LogP contribution in [0.2, 0.25) is 0 Å². The van der Waals surface area contributed by atoms with Gasteiger partial charge in [0, 0.05) is 6.42 Å². The highest BCUT2D eigenvalue weighted by Crippen LogP contribution is 2.35. The molecule has 0 radical (unpaired) electrons. The fourth-order valence-corrected chi connectivity index (χ4v) is 1.80. The Labute approximate surface area is 95.0 Å². The van der Waals surface area contributed by atoms with Gasteiger partial charge in [-0.2, -0.15) is 0 Å². The van der Waals surface area contributed by atoms with Crippen molar-refractivity contribution in [3.05, 3.63) is 23.3 Å². The molecule has 0 fully saturated rings. The molecule has 0 aliphatic carbocycles. The van der Waals surface area contributed by atoms with Gasteiger partial charge in [0.15, 0.2) is 11.5 Å². The molecule has 1 unspecified atom stereocenters. The molecule has 0 saturated heterocycles.